The highest BCUT2D eigenvalue weighted by Gasteiger charge is 2.31. The molecule has 14 nitrogen and oxygen atoms in total. The van der Waals surface area contributed by atoms with E-state index in [0.717, 1.165) is 27.6 Å². The number of hydrogen-bond donors (Lipinski definition) is 8. The van der Waals surface area contributed by atoms with Crippen molar-refractivity contribution in [3.8, 4) is 0 Å². The number of aromatic nitrogens is 3. The first-order valence-corrected chi connectivity index (χ1v) is 18.0. The van der Waals surface area contributed by atoms with E-state index in [1.54, 1.807) is 12.4 Å². The molecule has 282 valence electrons. The van der Waals surface area contributed by atoms with Crippen molar-refractivity contribution in [2.24, 2.45) is 11.5 Å². The highest BCUT2D eigenvalue weighted by atomic mass is 16.2. The van der Waals surface area contributed by atoms with Crippen LogP contribution in [0.25, 0.3) is 10.9 Å². The Morgan fingerprint density at radius 3 is 1.94 bits per heavy atom. The summed E-state index contributed by atoms with van der Waals surface area (Å²) in [6.07, 6.45) is 6.62. The van der Waals surface area contributed by atoms with Crippen LogP contribution in [0.1, 0.15) is 41.6 Å². The monoisotopic (exact) mass is 733 g/mol. The molecule has 0 fully saturated rings. The number of rotatable bonds is 20. The number of primary amides is 1. The number of imidazole rings is 1. The molecule has 10 N–H and O–H groups in total. The van der Waals surface area contributed by atoms with Crippen LogP contribution in [0.15, 0.2) is 104 Å². The third kappa shape index (κ3) is 11.4. The highest BCUT2D eigenvalue weighted by Crippen LogP contribution is 2.19. The highest BCUT2D eigenvalue weighted by molar-refractivity contribution is 5.96. The van der Waals surface area contributed by atoms with E-state index in [1.165, 1.54) is 6.33 Å². The number of benzene rings is 3. The molecule has 0 aliphatic heterocycles. The van der Waals surface area contributed by atoms with Crippen molar-refractivity contribution in [2.75, 3.05) is 6.54 Å². The van der Waals surface area contributed by atoms with Crippen LogP contribution in [0.4, 0.5) is 0 Å². The molecule has 4 atom stereocenters. The van der Waals surface area contributed by atoms with Crippen molar-refractivity contribution < 1.29 is 24.0 Å². The number of aryl methyl sites for hydroxylation is 1. The molecular weight excluding hydrogens is 686 g/mol. The number of fused-ring (bicyclic) bond motifs is 1. The van der Waals surface area contributed by atoms with Gasteiger partial charge in [-0.15, -0.1) is 0 Å². The van der Waals surface area contributed by atoms with E-state index in [4.69, 9.17) is 11.5 Å². The van der Waals surface area contributed by atoms with Gasteiger partial charge in [-0.3, -0.25) is 24.0 Å². The number of H-pyrrole nitrogens is 2. The number of carbonyl (C=O) groups excluding carboxylic acids is 5. The minimum Gasteiger partial charge on any atom is -0.368 e. The van der Waals surface area contributed by atoms with Gasteiger partial charge in [0.05, 0.1) is 6.33 Å². The maximum absolute atomic E-state index is 14.0. The zero-order valence-corrected chi connectivity index (χ0v) is 29.9. The summed E-state index contributed by atoms with van der Waals surface area (Å²) in [5.41, 5.74) is 15.7. The van der Waals surface area contributed by atoms with Crippen LogP contribution in [0.3, 0.4) is 0 Å². The number of amides is 5. The van der Waals surface area contributed by atoms with Crippen molar-refractivity contribution in [3.05, 3.63) is 126 Å². The van der Waals surface area contributed by atoms with E-state index >= 15 is 0 Å². The summed E-state index contributed by atoms with van der Waals surface area (Å²) < 4.78 is 0. The average molecular weight is 734 g/mol. The molecule has 5 amide bonds. The molecule has 0 saturated carbocycles. The SMILES string of the molecule is NCC[C@H](NC(=O)[C@@H](Cc1ccccc1)NC(=O)[C@H](Cc1cnc[nH]1)NC(=O)CCCc1ccccc1)C(=O)N[C@@H](Cc1c[nH]c2ccccc12)C(N)=O. The molecule has 5 rings (SSSR count). The van der Waals surface area contributed by atoms with Gasteiger partial charge in [0.2, 0.25) is 29.5 Å². The Labute approximate surface area is 313 Å². The molecule has 0 bridgehead atoms. The summed E-state index contributed by atoms with van der Waals surface area (Å²) in [6.45, 7) is 0.0420. The topological polar surface area (TPSA) is 230 Å². The first-order chi connectivity index (χ1) is 26.2. The summed E-state index contributed by atoms with van der Waals surface area (Å²) in [4.78, 5) is 77.3. The van der Waals surface area contributed by atoms with Crippen molar-refractivity contribution >= 4 is 40.4 Å². The molecule has 2 heterocycles. The zero-order chi connectivity index (χ0) is 38.3. The fourth-order valence-electron chi connectivity index (χ4n) is 6.24. The number of hydrogen-bond acceptors (Lipinski definition) is 7. The average Bonchev–Trinajstić information content (AvgIpc) is 3.84. The molecule has 3 aromatic carbocycles. The van der Waals surface area contributed by atoms with Gasteiger partial charge in [0.1, 0.15) is 24.2 Å². The Morgan fingerprint density at radius 1 is 0.667 bits per heavy atom. The maximum atomic E-state index is 14.0. The van der Waals surface area contributed by atoms with Gasteiger partial charge >= 0.3 is 0 Å². The van der Waals surface area contributed by atoms with Crippen LogP contribution in [-0.2, 0) is 49.7 Å². The summed E-state index contributed by atoms with van der Waals surface area (Å²) in [6, 6.07) is 22.0. The number of nitrogens with zero attached hydrogens (tertiary/aromatic N) is 1. The van der Waals surface area contributed by atoms with Gasteiger partial charge in [-0.1, -0.05) is 78.9 Å². The Kier molecular flexibility index (Phi) is 14.1. The van der Waals surface area contributed by atoms with Crippen LogP contribution in [0.2, 0.25) is 0 Å². The Balaban J connectivity index is 1.28. The lowest BCUT2D eigenvalue weighted by Crippen LogP contribution is -2.59. The lowest BCUT2D eigenvalue weighted by molar-refractivity contribution is -0.134. The number of para-hydroxylation sites is 1. The van der Waals surface area contributed by atoms with Crippen molar-refractivity contribution in [3.63, 3.8) is 0 Å². The van der Waals surface area contributed by atoms with Crippen molar-refractivity contribution in [2.45, 2.75) is 69.1 Å². The first-order valence-electron chi connectivity index (χ1n) is 18.0. The predicted octanol–water partition coefficient (Wildman–Crippen LogP) is 1.72. The van der Waals surface area contributed by atoms with Gasteiger partial charge in [0.25, 0.3) is 0 Å². The standard InChI is InChI=1S/C40H47N9O5/c41-19-18-32(38(52)48-33(37(42)51)21-28-23-44-31-16-8-7-15-30(28)31)47-39(53)34(20-27-12-5-2-6-13-27)49-40(54)35(22-29-24-43-25-45-29)46-36(50)17-9-14-26-10-3-1-4-11-26/h1-8,10-13,15-16,23-25,32-35,44H,9,14,17-22,41H2,(H2,42,51)(H,43,45)(H,46,50)(H,47,53)(H,48,52)(H,49,54)/t32-,33-,34+,35-/m0/s1. The van der Waals surface area contributed by atoms with Gasteiger partial charge < -0.3 is 42.7 Å². The second-order valence-electron chi connectivity index (χ2n) is 13.2. The normalized spacial score (nSPS) is 13.3. The van der Waals surface area contributed by atoms with Gasteiger partial charge in [0.15, 0.2) is 0 Å². The minimum atomic E-state index is -1.15. The Morgan fingerprint density at radius 2 is 1.28 bits per heavy atom. The summed E-state index contributed by atoms with van der Waals surface area (Å²) >= 11 is 0. The fourth-order valence-corrected chi connectivity index (χ4v) is 6.24. The minimum absolute atomic E-state index is 0.0420. The van der Waals surface area contributed by atoms with Crippen LogP contribution < -0.4 is 32.7 Å². The lowest BCUT2D eigenvalue weighted by Gasteiger charge is -2.26. The second kappa shape index (κ2) is 19.5. The largest absolute Gasteiger partial charge is 0.368 e. The number of nitrogens with two attached hydrogens (primary N) is 2. The van der Waals surface area contributed by atoms with Crippen LogP contribution >= 0.6 is 0 Å². The molecule has 0 radical (unpaired) electrons. The molecular formula is C40H47N9O5. The molecule has 0 saturated heterocycles. The molecule has 54 heavy (non-hydrogen) atoms. The number of nitrogens with one attached hydrogen (secondary N) is 6. The van der Waals surface area contributed by atoms with E-state index in [1.807, 2.05) is 84.9 Å². The summed E-state index contributed by atoms with van der Waals surface area (Å²) in [5, 5.41) is 12.0. The van der Waals surface area contributed by atoms with E-state index in [9.17, 15) is 24.0 Å². The van der Waals surface area contributed by atoms with Crippen molar-refractivity contribution in [1.29, 1.82) is 0 Å². The van der Waals surface area contributed by atoms with E-state index in [2.05, 4.69) is 36.2 Å². The van der Waals surface area contributed by atoms with Crippen LogP contribution in [0, 0.1) is 0 Å². The number of aromatic amines is 2. The molecule has 14 heteroatoms. The van der Waals surface area contributed by atoms with E-state index in [-0.39, 0.29) is 44.6 Å². The van der Waals surface area contributed by atoms with E-state index < -0.39 is 47.8 Å². The van der Waals surface area contributed by atoms with Crippen LogP contribution in [0.5, 0.6) is 0 Å². The molecule has 0 aliphatic rings. The second-order valence-corrected chi connectivity index (χ2v) is 13.2. The van der Waals surface area contributed by atoms with Crippen LogP contribution in [-0.4, -0.2) is 75.2 Å². The Bertz CT molecular complexity index is 1980. The van der Waals surface area contributed by atoms with Crippen molar-refractivity contribution in [1.82, 2.24) is 36.2 Å². The zero-order valence-electron chi connectivity index (χ0n) is 29.9. The first kappa shape index (κ1) is 38.9. The van der Waals surface area contributed by atoms with Gasteiger partial charge in [0, 0.05) is 54.7 Å². The fraction of sp³-hybridized carbons (Fsp3) is 0.300. The molecule has 2 aromatic heterocycles. The number of carbonyl (C=O) groups is 5. The van der Waals surface area contributed by atoms with Gasteiger partial charge in [-0.2, -0.15) is 0 Å². The molecule has 0 spiro atoms. The quantitative estimate of drug-likeness (QED) is 0.0590. The van der Waals surface area contributed by atoms with E-state index in [0.29, 0.717) is 18.5 Å². The van der Waals surface area contributed by atoms with Gasteiger partial charge in [-0.05, 0) is 48.6 Å². The third-order valence-electron chi connectivity index (χ3n) is 9.11. The molecule has 5 aromatic rings. The third-order valence-corrected chi connectivity index (χ3v) is 9.11. The summed E-state index contributed by atoms with van der Waals surface area (Å²) in [5.74, 6) is -2.95. The summed E-state index contributed by atoms with van der Waals surface area (Å²) in [7, 11) is 0. The lowest BCUT2D eigenvalue weighted by atomic mass is 10.0. The predicted molar refractivity (Wildman–Crippen MR) is 204 cm³/mol. The molecule has 0 unspecified atom stereocenters. The van der Waals surface area contributed by atoms with Gasteiger partial charge in [-0.25, -0.2) is 4.98 Å². The maximum Gasteiger partial charge on any atom is 0.243 e. The molecule has 0 aliphatic carbocycles. The Hall–Kier alpha value is -6.28. The smallest absolute Gasteiger partial charge is 0.243 e.